The van der Waals surface area contributed by atoms with Crippen LogP contribution in [0.2, 0.25) is 0 Å². The molecule has 1 aromatic carbocycles. The molecule has 3 rings (SSSR count). The molecule has 7 nitrogen and oxygen atoms in total. The number of alkyl halides is 3. The first-order valence-electron chi connectivity index (χ1n) is 10.4. The Morgan fingerprint density at radius 1 is 1.18 bits per heavy atom. The van der Waals surface area contributed by atoms with Gasteiger partial charge >= 0.3 is 6.18 Å². The Balaban J connectivity index is 2.27. The molecule has 0 spiro atoms. The summed E-state index contributed by atoms with van der Waals surface area (Å²) in [7, 11) is 4.68. The Labute approximate surface area is 195 Å². The molecule has 0 radical (unpaired) electrons. The molecule has 182 valence electrons. The van der Waals surface area contributed by atoms with Gasteiger partial charge < -0.3 is 20.2 Å². The Morgan fingerprint density at radius 3 is 2.38 bits per heavy atom. The summed E-state index contributed by atoms with van der Waals surface area (Å²) in [6.45, 7) is 9.87. The maximum Gasteiger partial charge on any atom is 0.417 e. The molecule has 0 aliphatic rings. The molecular formula is C24H28F3N5O2. The van der Waals surface area contributed by atoms with Gasteiger partial charge in [-0.1, -0.05) is 45.5 Å². The van der Waals surface area contributed by atoms with E-state index in [1.165, 1.54) is 38.5 Å². The van der Waals surface area contributed by atoms with Crippen LogP contribution in [0.15, 0.2) is 30.8 Å². The highest BCUT2D eigenvalue weighted by atomic mass is 19.4. The molecule has 0 bridgehead atoms. The van der Waals surface area contributed by atoms with Gasteiger partial charge in [0, 0.05) is 12.5 Å². The first-order valence-corrected chi connectivity index (χ1v) is 10.4. The highest BCUT2D eigenvalue weighted by molar-refractivity contribution is 5.88. The number of aryl methyl sites for hydroxylation is 1. The zero-order chi connectivity index (χ0) is 25.4. The van der Waals surface area contributed by atoms with Crippen LogP contribution in [0.1, 0.15) is 37.6 Å². The Hall–Kier alpha value is -3.69. The normalized spacial score (nSPS) is 13.7. The molecule has 0 fully saturated rings. The summed E-state index contributed by atoms with van der Waals surface area (Å²) in [5.74, 6) is 0.902. The van der Waals surface area contributed by atoms with Crippen molar-refractivity contribution in [3.63, 3.8) is 0 Å². The lowest BCUT2D eigenvalue weighted by Crippen LogP contribution is -2.30. The summed E-state index contributed by atoms with van der Waals surface area (Å²) in [5, 5.41) is 5.15. The lowest BCUT2D eigenvalue weighted by molar-refractivity contribution is -0.137. The Kier molecular flexibility index (Phi) is 6.55. The number of allylic oxidation sites excluding steroid dienone is 1. The van der Waals surface area contributed by atoms with Gasteiger partial charge in [-0.25, -0.2) is 4.98 Å². The summed E-state index contributed by atoms with van der Waals surface area (Å²) in [5.41, 5.74) is 6.26. The summed E-state index contributed by atoms with van der Waals surface area (Å²) >= 11 is 0. The number of methoxy groups -OCH3 is 2. The van der Waals surface area contributed by atoms with Gasteiger partial charge in [0.25, 0.3) is 0 Å². The van der Waals surface area contributed by atoms with Crippen molar-refractivity contribution in [2.45, 2.75) is 32.4 Å². The Bertz CT molecular complexity index is 1340. The number of rotatable bonds is 5. The smallest absolute Gasteiger partial charge is 0.417 e. The maximum absolute atomic E-state index is 13.5. The molecule has 0 atom stereocenters. The summed E-state index contributed by atoms with van der Waals surface area (Å²) < 4.78 is 53.0. The average molecular weight is 476 g/mol. The van der Waals surface area contributed by atoms with E-state index in [9.17, 15) is 13.2 Å². The van der Waals surface area contributed by atoms with Crippen LogP contribution in [-0.4, -0.2) is 34.0 Å². The van der Waals surface area contributed by atoms with E-state index in [-0.39, 0.29) is 27.8 Å². The standard InChI is InChI=1S/C24H28F3N5O2/c1-13(14-10-8-9-11-15(14)24(25,26)27)12-16-17(21(28)34-7)30-22(29-16)18-19(33-6)20(23(2,3)4)31-32(18)5/h8-12H,1,28H2,2-7H3,(H,29,30)/b16-12+,21-17-. The predicted molar refractivity (Wildman–Crippen MR) is 125 cm³/mol. The number of aromatic nitrogens is 4. The monoisotopic (exact) mass is 475 g/mol. The molecule has 0 saturated heterocycles. The Morgan fingerprint density at radius 2 is 1.82 bits per heavy atom. The predicted octanol–water partition coefficient (Wildman–Crippen LogP) is 3.30. The van der Waals surface area contributed by atoms with Crippen molar-refractivity contribution < 1.29 is 22.6 Å². The molecule has 0 amide bonds. The van der Waals surface area contributed by atoms with E-state index >= 15 is 0 Å². The van der Waals surface area contributed by atoms with E-state index in [0.29, 0.717) is 22.6 Å². The molecule has 0 saturated carbocycles. The fourth-order valence-corrected chi connectivity index (χ4v) is 3.60. The molecule has 3 aromatic rings. The number of hydrogen-bond donors (Lipinski definition) is 2. The highest BCUT2D eigenvalue weighted by Gasteiger charge is 2.33. The van der Waals surface area contributed by atoms with E-state index < -0.39 is 11.7 Å². The number of aromatic amines is 1. The van der Waals surface area contributed by atoms with Crippen molar-refractivity contribution in [2.75, 3.05) is 14.2 Å². The minimum absolute atomic E-state index is 0.0130. The first-order chi connectivity index (χ1) is 15.8. The minimum atomic E-state index is -4.53. The van der Waals surface area contributed by atoms with Crippen LogP contribution in [0.3, 0.4) is 0 Å². The summed E-state index contributed by atoms with van der Waals surface area (Å²) in [4.78, 5) is 7.69. The van der Waals surface area contributed by atoms with Crippen molar-refractivity contribution in [3.8, 4) is 17.3 Å². The van der Waals surface area contributed by atoms with E-state index in [1.54, 1.807) is 11.7 Å². The third kappa shape index (κ3) is 4.66. The second-order valence-electron chi connectivity index (χ2n) is 8.73. The zero-order valence-corrected chi connectivity index (χ0v) is 20.0. The van der Waals surface area contributed by atoms with Gasteiger partial charge in [0.15, 0.2) is 11.6 Å². The largest absolute Gasteiger partial charge is 0.492 e. The van der Waals surface area contributed by atoms with Crippen LogP contribution in [0.25, 0.3) is 29.1 Å². The average Bonchev–Trinajstić information content (AvgIpc) is 3.32. The number of nitrogens with one attached hydrogen (secondary N) is 1. The van der Waals surface area contributed by atoms with Crippen LogP contribution in [-0.2, 0) is 23.4 Å². The highest BCUT2D eigenvalue weighted by Crippen LogP contribution is 2.37. The van der Waals surface area contributed by atoms with E-state index in [0.717, 1.165) is 11.8 Å². The molecular weight excluding hydrogens is 447 g/mol. The van der Waals surface area contributed by atoms with Gasteiger partial charge in [0.05, 0.1) is 25.1 Å². The molecule has 10 heteroatoms. The molecule has 0 aliphatic carbocycles. The number of benzene rings is 1. The number of imidazole rings is 1. The van der Waals surface area contributed by atoms with Gasteiger partial charge in [-0.3, -0.25) is 4.68 Å². The van der Waals surface area contributed by atoms with E-state index in [1.807, 2.05) is 20.8 Å². The summed E-state index contributed by atoms with van der Waals surface area (Å²) in [6, 6.07) is 5.22. The summed E-state index contributed by atoms with van der Waals surface area (Å²) in [6.07, 6.45) is -3.10. The number of hydrogen-bond acceptors (Lipinski definition) is 5. The van der Waals surface area contributed by atoms with Crippen molar-refractivity contribution in [1.29, 1.82) is 0 Å². The second-order valence-corrected chi connectivity index (χ2v) is 8.73. The molecule has 0 aliphatic heterocycles. The molecule has 34 heavy (non-hydrogen) atoms. The SMILES string of the molecule is C=C(/C=c1/nc(-c2c(OC)c(C(C)(C)C)nn2C)[nH]/c1=C(/N)OC)c1ccccc1C(F)(F)F. The van der Waals surface area contributed by atoms with Gasteiger partial charge in [-0.15, -0.1) is 0 Å². The lowest BCUT2D eigenvalue weighted by atomic mass is 9.91. The van der Waals surface area contributed by atoms with Crippen molar-refractivity contribution in [2.24, 2.45) is 12.8 Å². The van der Waals surface area contributed by atoms with Crippen molar-refractivity contribution >= 4 is 17.5 Å². The van der Waals surface area contributed by atoms with Gasteiger partial charge in [-0.05, 0) is 23.3 Å². The van der Waals surface area contributed by atoms with Gasteiger partial charge in [0.2, 0.25) is 5.88 Å². The third-order valence-electron chi connectivity index (χ3n) is 5.23. The zero-order valence-electron chi connectivity index (χ0n) is 20.0. The molecule has 0 unspecified atom stereocenters. The van der Waals surface area contributed by atoms with Crippen molar-refractivity contribution in [1.82, 2.24) is 19.7 Å². The van der Waals surface area contributed by atoms with E-state index in [2.05, 4.69) is 21.6 Å². The van der Waals surface area contributed by atoms with Crippen LogP contribution < -0.4 is 21.2 Å². The first kappa shape index (κ1) is 24.9. The van der Waals surface area contributed by atoms with Crippen LogP contribution in [0.4, 0.5) is 13.2 Å². The molecule has 2 aromatic heterocycles. The van der Waals surface area contributed by atoms with Crippen molar-refractivity contribution in [3.05, 3.63) is 58.4 Å². The fourth-order valence-electron chi connectivity index (χ4n) is 3.60. The maximum atomic E-state index is 13.5. The third-order valence-corrected chi connectivity index (χ3v) is 5.23. The van der Waals surface area contributed by atoms with Crippen LogP contribution >= 0.6 is 0 Å². The van der Waals surface area contributed by atoms with Gasteiger partial charge in [-0.2, -0.15) is 18.3 Å². The number of nitrogens with two attached hydrogens (primary N) is 1. The second kappa shape index (κ2) is 8.92. The van der Waals surface area contributed by atoms with Crippen LogP contribution in [0, 0.1) is 0 Å². The fraction of sp³-hybridized carbons (Fsp3) is 0.333. The van der Waals surface area contributed by atoms with E-state index in [4.69, 9.17) is 15.2 Å². The minimum Gasteiger partial charge on any atom is -0.492 e. The number of ether oxygens (including phenoxy) is 2. The topological polar surface area (TPSA) is 91.0 Å². The number of H-pyrrole nitrogens is 1. The number of nitrogens with zero attached hydrogens (tertiary/aromatic N) is 3. The van der Waals surface area contributed by atoms with Gasteiger partial charge in [0.1, 0.15) is 16.7 Å². The lowest BCUT2D eigenvalue weighted by Gasteiger charge is -2.16. The van der Waals surface area contributed by atoms with Crippen LogP contribution in [0.5, 0.6) is 5.75 Å². The number of halogens is 3. The molecule has 3 N–H and O–H groups in total. The quantitative estimate of drug-likeness (QED) is 0.591. The molecule has 2 heterocycles.